The van der Waals surface area contributed by atoms with E-state index in [1.807, 2.05) is 7.05 Å². The average molecular weight is 213 g/mol. The quantitative estimate of drug-likeness (QED) is 0.533. The number of unbranched alkanes of at least 4 members (excludes halogenated alkanes) is 3. The van der Waals surface area contributed by atoms with Crippen LogP contribution in [0.5, 0.6) is 0 Å². The van der Waals surface area contributed by atoms with E-state index in [1.165, 1.54) is 44.9 Å². The standard InChI is InChI=1S/C13H27NO/c1-3-4-5-7-10-13(14(2)15)11-8-6-9-12-13/h14H,3-12H2,1-2H3. The first-order valence-corrected chi connectivity index (χ1v) is 6.72. The molecule has 1 saturated carbocycles. The summed E-state index contributed by atoms with van der Waals surface area (Å²) < 4.78 is 0. The Morgan fingerprint density at radius 2 is 1.73 bits per heavy atom. The molecule has 0 spiro atoms. The SMILES string of the molecule is CCCCCCC1([NH+](C)[O-])CCCCC1. The summed E-state index contributed by atoms with van der Waals surface area (Å²) in [4.78, 5) is 0. The molecule has 90 valence electrons. The summed E-state index contributed by atoms with van der Waals surface area (Å²) in [6.45, 7) is 2.24. The molecule has 0 aromatic carbocycles. The molecule has 0 bridgehead atoms. The molecule has 15 heavy (non-hydrogen) atoms. The third-order valence-corrected chi connectivity index (χ3v) is 4.07. The monoisotopic (exact) mass is 213 g/mol. The van der Waals surface area contributed by atoms with Crippen molar-refractivity contribution in [2.24, 2.45) is 0 Å². The van der Waals surface area contributed by atoms with Gasteiger partial charge in [0.2, 0.25) is 0 Å². The van der Waals surface area contributed by atoms with Crippen LogP contribution < -0.4 is 5.06 Å². The molecule has 1 aliphatic rings. The van der Waals surface area contributed by atoms with Crippen molar-refractivity contribution in [3.05, 3.63) is 5.21 Å². The fourth-order valence-electron chi connectivity index (χ4n) is 2.90. The predicted octanol–water partition coefficient (Wildman–Crippen LogP) is 2.67. The molecule has 0 radical (unpaired) electrons. The fourth-order valence-corrected chi connectivity index (χ4v) is 2.90. The van der Waals surface area contributed by atoms with Crippen molar-refractivity contribution < 1.29 is 5.06 Å². The van der Waals surface area contributed by atoms with Gasteiger partial charge in [0.15, 0.2) is 0 Å². The fraction of sp³-hybridized carbons (Fsp3) is 1.00. The lowest BCUT2D eigenvalue weighted by Gasteiger charge is -2.44. The van der Waals surface area contributed by atoms with Crippen LogP contribution in [0.2, 0.25) is 0 Å². The molecule has 1 N–H and O–H groups in total. The van der Waals surface area contributed by atoms with Gasteiger partial charge >= 0.3 is 0 Å². The highest BCUT2D eigenvalue weighted by Crippen LogP contribution is 2.30. The van der Waals surface area contributed by atoms with Crippen molar-refractivity contribution >= 4 is 0 Å². The van der Waals surface area contributed by atoms with Crippen LogP contribution in [-0.2, 0) is 0 Å². The van der Waals surface area contributed by atoms with Gasteiger partial charge in [-0.25, -0.2) is 0 Å². The van der Waals surface area contributed by atoms with Gasteiger partial charge in [-0.2, -0.15) is 0 Å². The maximum Gasteiger partial charge on any atom is 0.0971 e. The van der Waals surface area contributed by atoms with Crippen LogP contribution in [0.25, 0.3) is 0 Å². The van der Waals surface area contributed by atoms with Gasteiger partial charge in [0.25, 0.3) is 0 Å². The highest BCUT2D eigenvalue weighted by atomic mass is 16.5. The van der Waals surface area contributed by atoms with Gasteiger partial charge in [-0.3, -0.25) is 0 Å². The van der Waals surface area contributed by atoms with Crippen LogP contribution in [-0.4, -0.2) is 12.6 Å². The van der Waals surface area contributed by atoms with Crippen molar-refractivity contribution in [1.82, 2.24) is 0 Å². The van der Waals surface area contributed by atoms with Crippen molar-refractivity contribution in [1.29, 1.82) is 0 Å². The topological polar surface area (TPSA) is 27.5 Å². The molecule has 0 saturated heterocycles. The molecule has 0 aliphatic heterocycles. The third-order valence-electron chi connectivity index (χ3n) is 4.07. The summed E-state index contributed by atoms with van der Waals surface area (Å²) in [6, 6.07) is 0. The highest BCUT2D eigenvalue weighted by molar-refractivity contribution is 4.82. The maximum atomic E-state index is 11.8. The predicted molar refractivity (Wildman–Crippen MR) is 64.8 cm³/mol. The average Bonchev–Trinajstić information content (AvgIpc) is 2.26. The number of quaternary nitrogens is 1. The van der Waals surface area contributed by atoms with Crippen molar-refractivity contribution in [2.75, 3.05) is 7.05 Å². The number of nitrogens with one attached hydrogen (secondary N) is 1. The lowest BCUT2D eigenvalue weighted by Crippen LogP contribution is -3.13. The van der Waals surface area contributed by atoms with Crippen molar-refractivity contribution in [3.8, 4) is 0 Å². The maximum absolute atomic E-state index is 11.8. The zero-order valence-electron chi connectivity index (χ0n) is 10.5. The summed E-state index contributed by atoms with van der Waals surface area (Å²) in [5, 5.41) is 12.2. The molecule has 0 aromatic heterocycles. The second-order valence-electron chi connectivity index (χ2n) is 5.21. The smallest absolute Gasteiger partial charge is 0.0971 e. The van der Waals surface area contributed by atoms with Gasteiger partial charge in [0, 0.05) is 19.3 Å². The second kappa shape index (κ2) is 6.49. The molecule has 1 unspecified atom stereocenters. The summed E-state index contributed by atoms with van der Waals surface area (Å²) in [5.74, 6) is 0. The Labute approximate surface area is 94.6 Å². The minimum Gasteiger partial charge on any atom is -0.634 e. The molecule has 1 aliphatic carbocycles. The van der Waals surface area contributed by atoms with Crippen LogP contribution in [0.15, 0.2) is 0 Å². The molecule has 2 nitrogen and oxygen atoms in total. The largest absolute Gasteiger partial charge is 0.634 e. The van der Waals surface area contributed by atoms with Gasteiger partial charge in [-0.1, -0.05) is 32.6 Å². The third kappa shape index (κ3) is 3.76. The van der Waals surface area contributed by atoms with E-state index >= 15 is 0 Å². The minimum absolute atomic E-state index is 0.0893. The molecule has 0 amide bonds. The first kappa shape index (κ1) is 13.0. The molecule has 1 rings (SSSR count). The first-order chi connectivity index (χ1) is 7.21. The number of hydrogen-bond donors (Lipinski definition) is 1. The first-order valence-electron chi connectivity index (χ1n) is 6.72. The number of hydrogen-bond acceptors (Lipinski definition) is 1. The van der Waals surface area contributed by atoms with E-state index in [1.54, 1.807) is 0 Å². The number of rotatable bonds is 6. The Morgan fingerprint density at radius 1 is 1.07 bits per heavy atom. The lowest BCUT2D eigenvalue weighted by molar-refractivity contribution is -0.888. The Bertz CT molecular complexity index is 162. The zero-order valence-corrected chi connectivity index (χ0v) is 10.5. The van der Waals surface area contributed by atoms with Gasteiger partial charge < -0.3 is 10.3 Å². The van der Waals surface area contributed by atoms with Crippen LogP contribution in [0, 0.1) is 5.21 Å². The Kier molecular flexibility index (Phi) is 5.62. The van der Waals surface area contributed by atoms with E-state index in [9.17, 15) is 5.21 Å². The van der Waals surface area contributed by atoms with Crippen LogP contribution in [0.3, 0.4) is 0 Å². The van der Waals surface area contributed by atoms with Gasteiger partial charge in [-0.05, 0) is 19.3 Å². The van der Waals surface area contributed by atoms with E-state index in [0.29, 0.717) is 5.06 Å². The van der Waals surface area contributed by atoms with E-state index in [0.717, 1.165) is 19.3 Å². The van der Waals surface area contributed by atoms with Gasteiger partial charge in [0.05, 0.1) is 12.6 Å². The Morgan fingerprint density at radius 3 is 2.27 bits per heavy atom. The van der Waals surface area contributed by atoms with Gasteiger partial charge in [0.1, 0.15) is 0 Å². The molecule has 0 heterocycles. The zero-order chi connectivity index (χ0) is 11.1. The molecular formula is C13H27NO. The van der Waals surface area contributed by atoms with E-state index < -0.39 is 0 Å². The van der Waals surface area contributed by atoms with Crippen molar-refractivity contribution in [3.63, 3.8) is 0 Å². The van der Waals surface area contributed by atoms with Gasteiger partial charge in [-0.15, -0.1) is 0 Å². The summed E-state index contributed by atoms with van der Waals surface area (Å²) in [7, 11) is 1.81. The Hall–Kier alpha value is -0.0800. The van der Waals surface area contributed by atoms with Crippen LogP contribution >= 0.6 is 0 Å². The van der Waals surface area contributed by atoms with Crippen molar-refractivity contribution in [2.45, 2.75) is 76.7 Å². The minimum atomic E-state index is 0.0893. The molecule has 1 atom stereocenters. The molecule has 2 heteroatoms. The second-order valence-corrected chi connectivity index (χ2v) is 5.21. The van der Waals surface area contributed by atoms with Crippen LogP contribution in [0.1, 0.15) is 71.1 Å². The van der Waals surface area contributed by atoms with E-state index in [2.05, 4.69) is 6.92 Å². The van der Waals surface area contributed by atoms with E-state index in [4.69, 9.17) is 0 Å². The Balaban J connectivity index is 2.35. The normalized spacial score (nSPS) is 22.6. The lowest BCUT2D eigenvalue weighted by atomic mass is 9.78. The molecule has 0 aromatic rings. The number of hydroxylamine groups is 2. The van der Waals surface area contributed by atoms with Crippen LogP contribution in [0.4, 0.5) is 0 Å². The summed E-state index contributed by atoms with van der Waals surface area (Å²) >= 11 is 0. The molecular weight excluding hydrogens is 186 g/mol. The van der Waals surface area contributed by atoms with E-state index in [-0.39, 0.29) is 5.54 Å². The molecule has 1 fully saturated rings. The summed E-state index contributed by atoms with van der Waals surface area (Å²) in [6.07, 6.45) is 12.5. The highest BCUT2D eigenvalue weighted by Gasteiger charge is 2.35. The summed E-state index contributed by atoms with van der Waals surface area (Å²) in [5.41, 5.74) is 0.0893.